The Bertz CT molecular complexity index is 665. The van der Waals surface area contributed by atoms with E-state index in [-0.39, 0.29) is 17.8 Å². The van der Waals surface area contributed by atoms with E-state index in [9.17, 15) is 20.0 Å². The molecule has 1 aromatic heterocycles. The van der Waals surface area contributed by atoms with Crippen molar-refractivity contribution >= 4 is 11.7 Å². The first-order chi connectivity index (χ1) is 9.51. The number of aromatic carboxylic acids is 1. The number of hydrogen-bond donors (Lipinski definition) is 0. The van der Waals surface area contributed by atoms with E-state index in [4.69, 9.17) is 4.74 Å². The van der Waals surface area contributed by atoms with Crippen LogP contribution in [-0.2, 0) is 6.54 Å². The quantitative estimate of drug-likeness (QED) is 0.570. The van der Waals surface area contributed by atoms with Crippen LogP contribution in [0.25, 0.3) is 0 Å². The predicted molar refractivity (Wildman–Crippen MR) is 65.3 cm³/mol. The van der Waals surface area contributed by atoms with E-state index in [2.05, 4.69) is 5.10 Å². The molecular formula is C12H10N3O5-. The lowest BCUT2D eigenvalue weighted by atomic mass is 10.1. The molecule has 8 nitrogen and oxygen atoms in total. The topological polar surface area (TPSA) is 110 Å². The Morgan fingerprint density at radius 2 is 2.25 bits per heavy atom. The molecular weight excluding hydrogens is 266 g/mol. The van der Waals surface area contributed by atoms with Crippen LogP contribution in [0.15, 0.2) is 30.6 Å². The SMILES string of the molecule is COc1ccc(C(=O)[O-])cc1Cn1cc([N+](=O)[O-])cn1. The van der Waals surface area contributed by atoms with E-state index in [0.29, 0.717) is 11.3 Å². The van der Waals surface area contributed by atoms with Crippen LogP contribution in [0.2, 0.25) is 0 Å². The first kappa shape index (κ1) is 13.5. The number of carboxylic acids is 1. The molecule has 0 amide bonds. The average Bonchev–Trinajstić information content (AvgIpc) is 2.87. The van der Waals surface area contributed by atoms with Crippen LogP contribution in [0.5, 0.6) is 5.75 Å². The van der Waals surface area contributed by atoms with E-state index in [1.165, 1.54) is 36.2 Å². The van der Waals surface area contributed by atoms with Crippen molar-refractivity contribution in [1.29, 1.82) is 0 Å². The Balaban J connectivity index is 2.32. The summed E-state index contributed by atoms with van der Waals surface area (Å²) < 4.78 is 6.45. The van der Waals surface area contributed by atoms with Crippen LogP contribution in [0.1, 0.15) is 15.9 Å². The lowest BCUT2D eigenvalue weighted by Gasteiger charge is -2.11. The number of benzene rings is 1. The minimum Gasteiger partial charge on any atom is -0.545 e. The molecule has 2 rings (SSSR count). The number of ether oxygens (including phenoxy) is 1. The van der Waals surface area contributed by atoms with E-state index in [1.54, 1.807) is 0 Å². The Hall–Kier alpha value is -2.90. The van der Waals surface area contributed by atoms with Crippen molar-refractivity contribution in [2.24, 2.45) is 0 Å². The monoisotopic (exact) mass is 276 g/mol. The van der Waals surface area contributed by atoms with Gasteiger partial charge in [-0.3, -0.25) is 14.8 Å². The Kier molecular flexibility index (Phi) is 3.65. The van der Waals surface area contributed by atoms with Crippen molar-refractivity contribution < 1.29 is 19.6 Å². The largest absolute Gasteiger partial charge is 0.545 e. The summed E-state index contributed by atoms with van der Waals surface area (Å²) in [4.78, 5) is 20.9. The molecule has 0 fully saturated rings. The fourth-order valence-corrected chi connectivity index (χ4v) is 1.74. The van der Waals surface area contributed by atoms with E-state index in [0.717, 1.165) is 6.20 Å². The molecule has 8 heteroatoms. The number of hydrogen-bond acceptors (Lipinski definition) is 6. The van der Waals surface area contributed by atoms with Gasteiger partial charge in [0.15, 0.2) is 0 Å². The first-order valence-electron chi connectivity index (χ1n) is 5.56. The maximum Gasteiger partial charge on any atom is 0.307 e. The summed E-state index contributed by atoms with van der Waals surface area (Å²) in [6, 6.07) is 4.25. The normalized spacial score (nSPS) is 10.2. The number of rotatable bonds is 5. The second-order valence-electron chi connectivity index (χ2n) is 3.97. The predicted octanol–water partition coefficient (Wildman–Crippen LogP) is 0.212. The first-order valence-corrected chi connectivity index (χ1v) is 5.56. The molecule has 1 heterocycles. The van der Waals surface area contributed by atoms with Crippen molar-refractivity contribution in [3.05, 3.63) is 51.8 Å². The summed E-state index contributed by atoms with van der Waals surface area (Å²) in [5.41, 5.74) is 0.398. The van der Waals surface area contributed by atoms with Gasteiger partial charge < -0.3 is 14.6 Å². The lowest BCUT2D eigenvalue weighted by molar-refractivity contribution is -0.385. The van der Waals surface area contributed by atoms with Gasteiger partial charge in [0.2, 0.25) is 0 Å². The van der Waals surface area contributed by atoms with Crippen LogP contribution >= 0.6 is 0 Å². The highest BCUT2D eigenvalue weighted by Crippen LogP contribution is 2.21. The van der Waals surface area contributed by atoms with Gasteiger partial charge in [-0.2, -0.15) is 5.10 Å². The fraction of sp³-hybridized carbons (Fsp3) is 0.167. The number of aromatic nitrogens is 2. The highest BCUT2D eigenvalue weighted by atomic mass is 16.6. The van der Waals surface area contributed by atoms with Crippen LogP contribution in [0.3, 0.4) is 0 Å². The number of nitro groups is 1. The molecule has 0 N–H and O–H groups in total. The molecule has 0 atom stereocenters. The number of carbonyl (C=O) groups is 1. The fourth-order valence-electron chi connectivity index (χ4n) is 1.74. The zero-order valence-electron chi connectivity index (χ0n) is 10.5. The smallest absolute Gasteiger partial charge is 0.307 e. The van der Waals surface area contributed by atoms with Crippen molar-refractivity contribution in [2.75, 3.05) is 7.11 Å². The summed E-state index contributed by atoms with van der Waals surface area (Å²) in [6.45, 7) is 0.151. The van der Waals surface area contributed by atoms with Crippen LogP contribution in [0, 0.1) is 10.1 Å². The zero-order chi connectivity index (χ0) is 14.7. The van der Waals surface area contributed by atoms with E-state index in [1.807, 2.05) is 0 Å². The lowest BCUT2D eigenvalue weighted by Crippen LogP contribution is -2.22. The van der Waals surface area contributed by atoms with Gasteiger partial charge in [0, 0.05) is 5.56 Å². The minimum atomic E-state index is -1.31. The molecule has 0 spiro atoms. The minimum absolute atomic E-state index is 0.00227. The number of nitrogens with zero attached hydrogens (tertiary/aromatic N) is 3. The molecule has 0 saturated heterocycles. The Labute approximate surface area is 113 Å². The van der Waals surface area contributed by atoms with Crippen LogP contribution < -0.4 is 9.84 Å². The van der Waals surface area contributed by atoms with Gasteiger partial charge in [-0.1, -0.05) is 0 Å². The summed E-state index contributed by atoms with van der Waals surface area (Å²) in [6.07, 6.45) is 2.38. The van der Waals surface area contributed by atoms with E-state index >= 15 is 0 Å². The van der Waals surface area contributed by atoms with Crippen molar-refractivity contribution in [1.82, 2.24) is 9.78 Å². The molecule has 0 aliphatic heterocycles. The average molecular weight is 276 g/mol. The van der Waals surface area contributed by atoms with Gasteiger partial charge in [0.1, 0.15) is 18.1 Å². The highest BCUT2D eigenvalue weighted by Gasteiger charge is 2.11. The number of carbonyl (C=O) groups excluding carboxylic acids is 1. The summed E-state index contributed by atoms with van der Waals surface area (Å²) in [5.74, 6) is -0.839. The van der Waals surface area contributed by atoms with E-state index < -0.39 is 10.9 Å². The molecule has 0 aliphatic carbocycles. The van der Waals surface area contributed by atoms with Gasteiger partial charge >= 0.3 is 5.69 Å². The molecule has 0 saturated carbocycles. The third-order valence-electron chi connectivity index (χ3n) is 2.68. The van der Waals surface area contributed by atoms with Gasteiger partial charge in [-0.15, -0.1) is 0 Å². The number of carboxylic acid groups (broad SMARTS) is 1. The molecule has 1 aromatic carbocycles. The second kappa shape index (κ2) is 5.39. The molecule has 20 heavy (non-hydrogen) atoms. The second-order valence-corrected chi connectivity index (χ2v) is 3.97. The molecule has 104 valence electrons. The molecule has 0 radical (unpaired) electrons. The highest BCUT2D eigenvalue weighted by molar-refractivity contribution is 5.86. The molecule has 2 aromatic rings. The standard InChI is InChI=1S/C12H11N3O5/c1-20-11-3-2-8(12(16)17)4-9(11)6-14-7-10(5-13-14)15(18)19/h2-5,7H,6H2,1H3,(H,16,17)/p-1. The number of methoxy groups -OCH3 is 1. The van der Waals surface area contributed by atoms with Crippen molar-refractivity contribution in [2.45, 2.75) is 6.54 Å². The third kappa shape index (κ3) is 2.74. The van der Waals surface area contributed by atoms with Gasteiger partial charge in [-0.25, -0.2) is 0 Å². The summed E-state index contributed by atoms with van der Waals surface area (Å²) >= 11 is 0. The van der Waals surface area contributed by atoms with Gasteiger partial charge in [-0.05, 0) is 23.8 Å². The third-order valence-corrected chi connectivity index (χ3v) is 2.68. The molecule has 0 aliphatic rings. The molecule has 0 bridgehead atoms. The van der Waals surface area contributed by atoms with Crippen LogP contribution in [-0.4, -0.2) is 27.8 Å². The van der Waals surface area contributed by atoms with Crippen molar-refractivity contribution in [3.63, 3.8) is 0 Å². The molecule has 0 unspecified atom stereocenters. The van der Waals surface area contributed by atoms with Gasteiger partial charge in [0.05, 0.1) is 24.5 Å². The summed E-state index contributed by atoms with van der Waals surface area (Å²) in [5, 5.41) is 25.2. The zero-order valence-corrected chi connectivity index (χ0v) is 10.5. The Morgan fingerprint density at radius 1 is 1.50 bits per heavy atom. The maximum absolute atomic E-state index is 10.8. The van der Waals surface area contributed by atoms with Gasteiger partial charge in [0.25, 0.3) is 0 Å². The maximum atomic E-state index is 10.8. The van der Waals surface area contributed by atoms with Crippen molar-refractivity contribution in [3.8, 4) is 5.75 Å². The van der Waals surface area contributed by atoms with Crippen LogP contribution in [0.4, 0.5) is 5.69 Å². The summed E-state index contributed by atoms with van der Waals surface area (Å²) in [7, 11) is 1.45. The Morgan fingerprint density at radius 3 is 2.80 bits per heavy atom.